The highest BCUT2D eigenvalue weighted by molar-refractivity contribution is 5.79. The van der Waals surface area contributed by atoms with E-state index in [9.17, 15) is 4.79 Å². The van der Waals surface area contributed by atoms with Crippen LogP contribution in [0.25, 0.3) is 11.1 Å². The Balaban J connectivity index is 1.98. The van der Waals surface area contributed by atoms with E-state index >= 15 is 0 Å². The van der Waals surface area contributed by atoms with E-state index in [1.54, 1.807) is 0 Å². The molecule has 0 radical (unpaired) electrons. The molecule has 0 bridgehead atoms. The van der Waals surface area contributed by atoms with Crippen molar-refractivity contribution >= 4 is 6.03 Å². The van der Waals surface area contributed by atoms with E-state index in [1.807, 2.05) is 24.3 Å². The summed E-state index contributed by atoms with van der Waals surface area (Å²) in [6, 6.07) is 16.2. The Bertz CT molecular complexity index is 579. The molecule has 4 N–H and O–H groups in total. The number of rotatable bonds is 2. The van der Waals surface area contributed by atoms with Gasteiger partial charge in [0, 0.05) is 12.5 Å². The van der Waals surface area contributed by atoms with Crippen molar-refractivity contribution < 1.29 is 4.79 Å². The van der Waals surface area contributed by atoms with Crippen LogP contribution >= 0.6 is 0 Å². The molecule has 0 saturated carbocycles. The number of fused-ring (bicyclic) bond motifs is 3. The Morgan fingerprint density at radius 2 is 1.53 bits per heavy atom. The molecule has 2 aromatic rings. The van der Waals surface area contributed by atoms with Crippen LogP contribution in [0.2, 0.25) is 0 Å². The van der Waals surface area contributed by atoms with Crippen LogP contribution in [0.4, 0.5) is 4.79 Å². The van der Waals surface area contributed by atoms with Crippen molar-refractivity contribution in [2.45, 2.75) is 5.92 Å². The maximum absolute atomic E-state index is 11.2. The van der Waals surface area contributed by atoms with Gasteiger partial charge in [0.25, 0.3) is 0 Å². The van der Waals surface area contributed by atoms with E-state index in [0.717, 1.165) is 0 Å². The van der Waals surface area contributed by atoms with E-state index in [4.69, 9.17) is 5.84 Å². The third kappa shape index (κ3) is 1.96. The van der Waals surface area contributed by atoms with Crippen LogP contribution in [-0.4, -0.2) is 12.6 Å². The number of hydrogen-bond donors (Lipinski definition) is 3. The molecule has 1 aliphatic rings. The Kier molecular flexibility index (Phi) is 2.93. The lowest BCUT2D eigenvalue weighted by Crippen LogP contribution is -2.41. The van der Waals surface area contributed by atoms with Crippen molar-refractivity contribution in [3.8, 4) is 11.1 Å². The smallest absolute Gasteiger partial charge is 0.328 e. The average Bonchev–Trinajstić information content (AvgIpc) is 2.79. The number of nitrogens with one attached hydrogen (secondary N) is 2. The fourth-order valence-electron chi connectivity index (χ4n) is 2.73. The lowest BCUT2D eigenvalue weighted by molar-refractivity contribution is 0.241. The predicted molar refractivity (Wildman–Crippen MR) is 74.4 cm³/mol. The number of urea groups is 1. The van der Waals surface area contributed by atoms with Gasteiger partial charge in [0.05, 0.1) is 0 Å². The minimum atomic E-state index is -0.359. The SMILES string of the molecule is NNC(=O)NCC1c2ccccc2-c2ccccc21. The van der Waals surface area contributed by atoms with Crippen LogP contribution < -0.4 is 16.6 Å². The minimum absolute atomic E-state index is 0.185. The summed E-state index contributed by atoms with van der Waals surface area (Å²) in [6.07, 6.45) is 0. The van der Waals surface area contributed by atoms with Gasteiger partial charge in [-0.2, -0.15) is 0 Å². The fourth-order valence-corrected chi connectivity index (χ4v) is 2.73. The molecule has 0 atom stereocenters. The summed E-state index contributed by atoms with van der Waals surface area (Å²) in [7, 11) is 0. The van der Waals surface area contributed by atoms with Crippen molar-refractivity contribution in [3.63, 3.8) is 0 Å². The summed E-state index contributed by atoms with van der Waals surface area (Å²) in [5, 5.41) is 2.78. The van der Waals surface area contributed by atoms with Gasteiger partial charge in [0.2, 0.25) is 0 Å². The minimum Gasteiger partial charge on any atom is -0.336 e. The van der Waals surface area contributed by atoms with Gasteiger partial charge in [0.15, 0.2) is 0 Å². The van der Waals surface area contributed by atoms with Crippen molar-refractivity contribution in [3.05, 3.63) is 59.7 Å². The molecule has 4 heteroatoms. The monoisotopic (exact) mass is 253 g/mol. The number of benzene rings is 2. The van der Waals surface area contributed by atoms with Gasteiger partial charge in [-0.25, -0.2) is 10.6 Å². The molecule has 0 heterocycles. The summed E-state index contributed by atoms with van der Waals surface area (Å²) in [5.41, 5.74) is 7.09. The molecule has 0 aliphatic heterocycles. The van der Waals surface area contributed by atoms with Gasteiger partial charge < -0.3 is 5.32 Å². The van der Waals surface area contributed by atoms with Crippen LogP contribution in [0.5, 0.6) is 0 Å². The van der Waals surface area contributed by atoms with Crippen LogP contribution in [0.15, 0.2) is 48.5 Å². The topological polar surface area (TPSA) is 67.1 Å². The van der Waals surface area contributed by atoms with Gasteiger partial charge in [-0.3, -0.25) is 5.43 Å². The number of hydrazine groups is 1. The first-order valence-electron chi connectivity index (χ1n) is 6.24. The summed E-state index contributed by atoms with van der Waals surface area (Å²) >= 11 is 0. The molecule has 0 aromatic heterocycles. The van der Waals surface area contributed by atoms with Crippen LogP contribution in [-0.2, 0) is 0 Å². The van der Waals surface area contributed by atoms with Gasteiger partial charge in [-0.15, -0.1) is 0 Å². The molecule has 1 aliphatic carbocycles. The number of amides is 2. The maximum Gasteiger partial charge on any atom is 0.328 e. The van der Waals surface area contributed by atoms with Gasteiger partial charge in [-0.05, 0) is 22.3 Å². The first kappa shape index (κ1) is 11.7. The molecule has 0 unspecified atom stereocenters. The number of nitrogens with two attached hydrogens (primary N) is 1. The number of hydrogen-bond acceptors (Lipinski definition) is 2. The molecular weight excluding hydrogens is 238 g/mol. The Morgan fingerprint density at radius 1 is 1.00 bits per heavy atom. The normalized spacial score (nSPS) is 12.7. The molecule has 0 saturated heterocycles. The van der Waals surface area contributed by atoms with Crippen LogP contribution in [0, 0.1) is 0 Å². The third-order valence-electron chi connectivity index (χ3n) is 3.56. The third-order valence-corrected chi connectivity index (χ3v) is 3.56. The second-order valence-electron chi connectivity index (χ2n) is 4.58. The van der Waals surface area contributed by atoms with Gasteiger partial charge in [-0.1, -0.05) is 48.5 Å². The first-order chi connectivity index (χ1) is 9.31. The highest BCUT2D eigenvalue weighted by Crippen LogP contribution is 2.43. The van der Waals surface area contributed by atoms with Gasteiger partial charge >= 0.3 is 6.03 Å². The van der Waals surface area contributed by atoms with E-state index in [0.29, 0.717) is 6.54 Å². The summed E-state index contributed by atoms with van der Waals surface area (Å²) in [5.74, 6) is 5.27. The van der Waals surface area contributed by atoms with Crippen molar-refractivity contribution in [1.29, 1.82) is 0 Å². The fraction of sp³-hybridized carbons (Fsp3) is 0.133. The standard InChI is InChI=1S/C15H15N3O/c16-18-15(19)17-9-14-12-7-3-1-5-10(12)11-6-2-4-8-13(11)14/h1-8,14H,9,16H2,(H2,17,18,19). The Hall–Kier alpha value is -2.33. The first-order valence-corrected chi connectivity index (χ1v) is 6.24. The summed E-state index contributed by atoms with van der Waals surface area (Å²) in [6.45, 7) is 0.539. The Labute approximate surface area is 111 Å². The average molecular weight is 253 g/mol. The molecule has 2 amide bonds. The number of carbonyl (C=O) groups excluding carboxylic acids is 1. The maximum atomic E-state index is 11.2. The van der Waals surface area contributed by atoms with Gasteiger partial charge in [0.1, 0.15) is 0 Å². The van der Waals surface area contributed by atoms with Crippen molar-refractivity contribution in [2.24, 2.45) is 5.84 Å². The van der Waals surface area contributed by atoms with E-state index < -0.39 is 0 Å². The zero-order valence-electron chi connectivity index (χ0n) is 10.4. The molecular formula is C15H15N3O. The molecule has 19 heavy (non-hydrogen) atoms. The van der Waals surface area contributed by atoms with Crippen LogP contribution in [0.3, 0.4) is 0 Å². The Morgan fingerprint density at radius 3 is 2.05 bits per heavy atom. The predicted octanol–water partition coefficient (Wildman–Crippen LogP) is 1.97. The zero-order chi connectivity index (χ0) is 13.2. The van der Waals surface area contributed by atoms with E-state index in [2.05, 4.69) is 35.0 Å². The molecule has 0 fully saturated rings. The highest BCUT2D eigenvalue weighted by atomic mass is 16.2. The lowest BCUT2D eigenvalue weighted by atomic mass is 9.97. The second-order valence-corrected chi connectivity index (χ2v) is 4.58. The summed E-state index contributed by atoms with van der Waals surface area (Å²) in [4.78, 5) is 11.2. The molecule has 2 aromatic carbocycles. The van der Waals surface area contributed by atoms with E-state index in [-0.39, 0.29) is 11.9 Å². The zero-order valence-corrected chi connectivity index (χ0v) is 10.4. The largest absolute Gasteiger partial charge is 0.336 e. The second kappa shape index (κ2) is 4.74. The molecule has 4 nitrogen and oxygen atoms in total. The van der Waals surface area contributed by atoms with E-state index in [1.165, 1.54) is 22.3 Å². The number of carbonyl (C=O) groups is 1. The van der Waals surface area contributed by atoms with Crippen molar-refractivity contribution in [1.82, 2.24) is 10.7 Å². The molecule has 0 spiro atoms. The molecule has 3 rings (SSSR count). The summed E-state index contributed by atoms with van der Waals surface area (Å²) < 4.78 is 0. The quantitative estimate of drug-likeness (QED) is 0.435. The molecule has 96 valence electrons. The van der Waals surface area contributed by atoms with Crippen molar-refractivity contribution in [2.75, 3.05) is 6.54 Å². The highest BCUT2D eigenvalue weighted by Gasteiger charge is 2.27. The van der Waals surface area contributed by atoms with Crippen LogP contribution in [0.1, 0.15) is 17.0 Å². The lowest BCUT2D eigenvalue weighted by Gasteiger charge is -2.14.